The summed E-state index contributed by atoms with van der Waals surface area (Å²) in [7, 11) is 0. The molecular formula is C17H11F7N4. The summed E-state index contributed by atoms with van der Waals surface area (Å²) in [6.45, 7) is 0.0848. The number of nitrogens with zero attached hydrogens (tertiary/aromatic N) is 3. The lowest BCUT2D eigenvalue weighted by molar-refractivity contribution is -0.143. The van der Waals surface area contributed by atoms with Crippen LogP contribution in [0.5, 0.6) is 0 Å². The Kier molecular flexibility index (Phi) is 5.01. The van der Waals surface area contributed by atoms with Gasteiger partial charge in [-0.05, 0) is 30.3 Å². The molecule has 148 valence electrons. The Bertz CT molecular complexity index is 959. The molecule has 0 amide bonds. The van der Waals surface area contributed by atoms with Crippen molar-refractivity contribution in [2.75, 3.05) is 5.32 Å². The Morgan fingerprint density at radius 1 is 0.929 bits per heavy atom. The lowest BCUT2D eigenvalue weighted by Gasteiger charge is -2.11. The van der Waals surface area contributed by atoms with Crippen molar-refractivity contribution in [2.24, 2.45) is 0 Å². The highest BCUT2D eigenvalue weighted by atomic mass is 19.4. The average molecular weight is 404 g/mol. The number of pyridine rings is 1. The minimum Gasteiger partial charge on any atom is -0.381 e. The maximum Gasteiger partial charge on any atom is 0.435 e. The van der Waals surface area contributed by atoms with Crippen LogP contribution in [0.15, 0.2) is 48.8 Å². The SMILES string of the molecule is Fc1cnccc1CNc1ccc(-n2nc(C(F)(F)F)cc2C(F)(F)F)cc1. The van der Waals surface area contributed by atoms with Crippen LogP contribution in [-0.2, 0) is 18.9 Å². The predicted octanol–water partition coefficient (Wildman–Crippen LogP) is 5.06. The fraction of sp³-hybridized carbons (Fsp3) is 0.176. The first kappa shape index (κ1) is 19.6. The molecule has 11 heteroatoms. The molecule has 4 nitrogen and oxygen atoms in total. The minimum atomic E-state index is -5.02. The number of benzene rings is 1. The van der Waals surface area contributed by atoms with Gasteiger partial charge in [0, 0.05) is 30.1 Å². The van der Waals surface area contributed by atoms with Crippen LogP contribution in [0.3, 0.4) is 0 Å². The molecule has 0 aliphatic carbocycles. The highest BCUT2D eigenvalue weighted by Crippen LogP contribution is 2.36. The summed E-state index contributed by atoms with van der Waals surface area (Å²) in [6, 6.07) is 6.46. The number of alkyl halides is 6. The van der Waals surface area contributed by atoms with E-state index >= 15 is 0 Å². The van der Waals surface area contributed by atoms with E-state index in [1.807, 2.05) is 0 Å². The van der Waals surface area contributed by atoms with Crippen LogP contribution in [0.25, 0.3) is 5.69 Å². The van der Waals surface area contributed by atoms with Gasteiger partial charge in [0.25, 0.3) is 0 Å². The number of hydrogen-bond acceptors (Lipinski definition) is 3. The van der Waals surface area contributed by atoms with Gasteiger partial charge >= 0.3 is 12.4 Å². The van der Waals surface area contributed by atoms with Crippen molar-refractivity contribution in [3.05, 3.63) is 71.6 Å². The van der Waals surface area contributed by atoms with Gasteiger partial charge in [-0.1, -0.05) is 0 Å². The first-order valence-electron chi connectivity index (χ1n) is 7.73. The van der Waals surface area contributed by atoms with Gasteiger partial charge in [0.15, 0.2) is 5.69 Å². The van der Waals surface area contributed by atoms with Crippen LogP contribution >= 0.6 is 0 Å². The van der Waals surface area contributed by atoms with Gasteiger partial charge in [-0.2, -0.15) is 31.4 Å². The van der Waals surface area contributed by atoms with E-state index in [2.05, 4.69) is 15.4 Å². The molecular weight excluding hydrogens is 393 g/mol. The molecule has 3 rings (SSSR count). The molecule has 3 aromatic rings. The third kappa shape index (κ3) is 4.24. The van der Waals surface area contributed by atoms with Gasteiger partial charge in [-0.15, -0.1) is 0 Å². The normalized spacial score (nSPS) is 12.2. The maximum absolute atomic E-state index is 13.5. The Balaban J connectivity index is 1.85. The lowest BCUT2D eigenvalue weighted by Crippen LogP contribution is -2.13. The molecule has 2 aromatic heterocycles. The third-order valence-corrected chi connectivity index (χ3v) is 3.74. The number of anilines is 1. The summed E-state index contributed by atoms with van der Waals surface area (Å²) in [6.07, 6.45) is -7.60. The Hall–Kier alpha value is -3.11. The number of nitrogens with one attached hydrogen (secondary N) is 1. The van der Waals surface area contributed by atoms with Crippen molar-refractivity contribution in [1.82, 2.24) is 14.8 Å². The van der Waals surface area contributed by atoms with Crippen LogP contribution in [0.1, 0.15) is 17.0 Å². The molecule has 0 aliphatic heterocycles. The number of aromatic nitrogens is 3. The van der Waals surface area contributed by atoms with Crippen molar-refractivity contribution in [3.8, 4) is 5.69 Å². The Labute approximate surface area is 153 Å². The van der Waals surface area contributed by atoms with Crippen LogP contribution in [0.2, 0.25) is 0 Å². The highest BCUT2D eigenvalue weighted by Gasteiger charge is 2.42. The van der Waals surface area contributed by atoms with Gasteiger partial charge in [0.2, 0.25) is 0 Å². The van der Waals surface area contributed by atoms with E-state index in [4.69, 9.17) is 0 Å². The monoisotopic (exact) mass is 404 g/mol. The fourth-order valence-electron chi connectivity index (χ4n) is 2.38. The molecule has 2 heterocycles. The standard InChI is InChI=1S/C17H11F7N4/c18-13-9-25-6-5-10(13)8-26-11-1-3-12(4-2-11)28-15(17(22,23)24)7-14(27-28)16(19,20)21/h1-7,9,26H,8H2. The van der Waals surface area contributed by atoms with Crippen molar-refractivity contribution < 1.29 is 30.7 Å². The zero-order valence-electron chi connectivity index (χ0n) is 13.8. The second kappa shape index (κ2) is 7.13. The molecule has 0 unspecified atom stereocenters. The largest absolute Gasteiger partial charge is 0.435 e. The average Bonchev–Trinajstić information content (AvgIpc) is 3.08. The van der Waals surface area contributed by atoms with E-state index in [1.54, 1.807) is 0 Å². The van der Waals surface area contributed by atoms with Gasteiger partial charge in [0.1, 0.15) is 11.5 Å². The smallest absolute Gasteiger partial charge is 0.381 e. The number of rotatable bonds is 4. The molecule has 1 aromatic carbocycles. The molecule has 0 fully saturated rings. The first-order valence-corrected chi connectivity index (χ1v) is 7.73. The second-order valence-corrected chi connectivity index (χ2v) is 5.69. The highest BCUT2D eigenvalue weighted by molar-refractivity contribution is 5.49. The summed E-state index contributed by atoms with van der Waals surface area (Å²) < 4.78 is 91.2. The van der Waals surface area contributed by atoms with Gasteiger partial charge in [-0.25, -0.2) is 9.07 Å². The zero-order valence-corrected chi connectivity index (χ0v) is 13.8. The molecule has 0 atom stereocenters. The Morgan fingerprint density at radius 2 is 1.61 bits per heavy atom. The topological polar surface area (TPSA) is 42.7 Å². The first-order chi connectivity index (χ1) is 13.1. The van der Waals surface area contributed by atoms with E-state index in [0.29, 0.717) is 11.3 Å². The third-order valence-electron chi connectivity index (χ3n) is 3.74. The van der Waals surface area contributed by atoms with E-state index in [1.165, 1.54) is 36.5 Å². The summed E-state index contributed by atoms with van der Waals surface area (Å²) in [5.41, 5.74) is -2.64. The molecule has 0 spiro atoms. The van der Waals surface area contributed by atoms with Crippen LogP contribution in [-0.4, -0.2) is 14.8 Å². The van der Waals surface area contributed by atoms with Crippen LogP contribution < -0.4 is 5.32 Å². The molecule has 28 heavy (non-hydrogen) atoms. The fourth-order valence-corrected chi connectivity index (χ4v) is 2.38. The summed E-state index contributed by atoms with van der Waals surface area (Å²) in [5, 5.41) is 5.90. The van der Waals surface area contributed by atoms with Crippen molar-refractivity contribution in [1.29, 1.82) is 0 Å². The van der Waals surface area contributed by atoms with E-state index in [-0.39, 0.29) is 23.0 Å². The minimum absolute atomic E-state index is 0.0433. The lowest BCUT2D eigenvalue weighted by atomic mass is 10.2. The molecule has 0 radical (unpaired) electrons. The van der Waals surface area contributed by atoms with Gasteiger partial charge < -0.3 is 5.32 Å². The number of halogens is 7. The number of hydrogen-bond donors (Lipinski definition) is 1. The summed E-state index contributed by atoms with van der Waals surface area (Å²) >= 11 is 0. The molecule has 0 aliphatic rings. The van der Waals surface area contributed by atoms with Crippen molar-refractivity contribution in [2.45, 2.75) is 18.9 Å². The predicted molar refractivity (Wildman–Crippen MR) is 85.1 cm³/mol. The van der Waals surface area contributed by atoms with E-state index < -0.39 is 29.6 Å². The van der Waals surface area contributed by atoms with E-state index in [9.17, 15) is 30.7 Å². The zero-order chi connectivity index (χ0) is 20.5. The molecule has 0 saturated heterocycles. The molecule has 1 N–H and O–H groups in total. The van der Waals surface area contributed by atoms with Crippen LogP contribution in [0, 0.1) is 5.82 Å². The second-order valence-electron chi connectivity index (χ2n) is 5.69. The quantitative estimate of drug-likeness (QED) is 0.619. The van der Waals surface area contributed by atoms with Gasteiger partial charge in [-0.3, -0.25) is 4.98 Å². The van der Waals surface area contributed by atoms with E-state index in [0.717, 1.165) is 6.20 Å². The molecule has 0 bridgehead atoms. The summed E-state index contributed by atoms with van der Waals surface area (Å²) in [4.78, 5) is 3.61. The van der Waals surface area contributed by atoms with Crippen LogP contribution in [0.4, 0.5) is 36.4 Å². The Morgan fingerprint density at radius 3 is 2.18 bits per heavy atom. The van der Waals surface area contributed by atoms with Crippen molar-refractivity contribution >= 4 is 5.69 Å². The summed E-state index contributed by atoms with van der Waals surface area (Å²) in [5.74, 6) is -0.530. The molecule has 0 saturated carbocycles. The van der Waals surface area contributed by atoms with Crippen molar-refractivity contribution in [3.63, 3.8) is 0 Å². The maximum atomic E-state index is 13.5. The van der Waals surface area contributed by atoms with Gasteiger partial charge in [0.05, 0.1) is 11.9 Å².